The van der Waals surface area contributed by atoms with E-state index < -0.39 is 5.82 Å². The summed E-state index contributed by atoms with van der Waals surface area (Å²) in [7, 11) is 0. The van der Waals surface area contributed by atoms with E-state index in [0.717, 1.165) is 16.8 Å². The van der Waals surface area contributed by atoms with Crippen LogP contribution in [0.5, 0.6) is 0 Å². The quantitative estimate of drug-likeness (QED) is 0.711. The second-order valence-electron chi connectivity index (χ2n) is 6.74. The molecule has 1 N–H and O–H groups in total. The molecule has 0 saturated heterocycles. The molecule has 0 saturated carbocycles. The second-order valence-corrected chi connectivity index (χ2v) is 6.74. The van der Waals surface area contributed by atoms with E-state index in [4.69, 9.17) is 0 Å². The van der Waals surface area contributed by atoms with Gasteiger partial charge in [0.15, 0.2) is 0 Å². The molecule has 1 aromatic heterocycles. The summed E-state index contributed by atoms with van der Waals surface area (Å²) in [5.74, 6) is -0.805. The molecular weight excluding hydrogens is 331 g/mol. The zero-order valence-electron chi connectivity index (χ0n) is 15.3. The van der Waals surface area contributed by atoms with Crippen LogP contribution in [-0.4, -0.2) is 16.4 Å². The number of halogens is 1. The number of anilines is 1. The lowest BCUT2D eigenvalue weighted by Crippen LogP contribution is -2.15. The molecule has 4 nitrogen and oxygen atoms in total. The number of para-hydroxylation sites is 1. The average molecular weight is 352 g/mol. The molecule has 0 bridgehead atoms. The number of fused-ring (bicyclic) bond motifs is 1. The van der Waals surface area contributed by atoms with Gasteiger partial charge in [0.05, 0.1) is 11.1 Å². The van der Waals surface area contributed by atoms with Gasteiger partial charge in [0, 0.05) is 24.2 Å². The normalized spacial score (nSPS) is 11.2. The molecule has 134 valence electrons. The number of carbonyl (C=O) groups is 2. The number of aromatic nitrogens is 1. The van der Waals surface area contributed by atoms with Gasteiger partial charge in [0.1, 0.15) is 5.82 Å². The zero-order chi connectivity index (χ0) is 19.0. The number of aryl methyl sites for hydroxylation is 1. The predicted molar refractivity (Wildman–Crippen MR) is 101 cm³/mol. The largest absolute Gasteiger partial charge is 0.321 e. The Hall–Kier alpha value is -2.95. The summed E-state index contributed by atoms with van der Waals surface area (Å²) in [5, 5.41) is 3.52. The lowest BCUT2D eigenvalue weighted by Gasteiger charge is -2.16. The standard InChI is InChI=1S/C21H21FN2O2/c1-12(2)16-7-5-6-13(3)20(16)23-21(26)18-11-24(14(4)25)19-10-15(22)8-9-17(18)19/h5-12H,1-4H3,(H,23,26). The molecule has 3 rings (SSSR count). The van der Waals surface area contributed by atoms with Crippen LogP contribution >= 0.6 is 0 Å². The third-order valence-corrected chi connectivity index (χ3v) is 4.52. The highest BCUT2D eigenvalue weighted by atomic mass is 19.1. The summed E-state index contributed by atoms with van der Waals surface area (Å²) in [4.78, 5) is 24.8. The minimum atomic E-state index is -0.453. The van der Waals surface area contributed by atoms with Crippen molar-refractivity contribution < 1.29 is 14.0 Å². The first kappa shape index (κ1) is 17.9. The van der Waals surface area contributed by atoms with E-state index in [1.54, 1.807) is 0 Å². The zero-order valence-corrected chi connectivity index (χ0v) is 15.3. The van der Waals surface area contributed by atoms with Crippen LogP contribution in [0.2, 0.25) is 0 Å². The Morgan fingerprint density at radius 2 is 1.88 bits per heavy atom. The van der Waals surface area contributed by atoms with E-state index >= 15 is 0 Å². The van der Waals surface area contributed by atoms with E-state index in [2.05, 4.69) is 19.2 Å². The number of rotatable bonds is 3. The van der Waals surface area contributed by atoms with E-state index in [1.165, 1.54) is 35.9 Å². The van der Waals surface area contributed by atoms with Crippen LogP contribution in [0.4, 0.5) is 10.1 Å². The maximum atomic E-state index is 13.6. The molecule has 2 aromatic carbocycles. The second kappa shape index (κ2) is 6.75. The van der Waals surface area contributed by atoms with E-state index in [-0.39, 0.29) is 17.7 Å². The van der Waals surface area contributed by atoms with Gasteiger partial charge in [-0.25, -0.2) is 4.39 Å². The SMILES string of the molecule is CC(=O)n1cc(C(=O)Nc2c(C)cccc2C(C)C)c2ccc(F)cc21. The molecule has 0 radical (unpaired) electrons. The fourth-order valence-corrected chi connectivity index (χ4v) is 3.16. The summed E-state index contributed by atoms with van der Waals surface area (Å²) in [6.07, 6.45) is 1.47. The van der Waals surface area contributed by atoms with Gasteiger partial charge in [-0.2, -0.15) is 0 Å². The number of amides is 1. The molecule has 26 heavy (non-hydrogen) atoms. The molecule has 0 aliphatic heterocycles. The number of benzene rings is 2. The summed E-state index contributed by atoms with van der Waals surface area (Å²) < 4.78 is 14.9. The topological polar surface area (TPSA) is 51.1 Å². The highest BCUT2D eigenvalue weighted by Gasteiger charge is 2.19. The minimum absolute atomic E-state index is 0.248. The van der Waals surface area contributed by atoms with Crippen LogP contribution in [0.25, 0.3) is 10.9 Å². The Kier molecular flexibility index (Phi) is 4.64. The number of nitrogens with zero attached hydrogens (tertiary/aromatic N) is 1. The molecule has 5 heteroatoms. The van der Waals surface area contributed by atoms with Crippen LogP contribution in [0, 0.1) is 12.7 Å². The van der Waals surface area contributed by atoms with Gasteiger partial charge >= 0.3 is 0 Å². The lowest BCUT2D eigenvalue weighted by atomic mass is 9.98. The highest BCUT2D eigenvalue weighted by Crippen LogP contribution is 2.29. The third-order valence-electron chi connectivity index (χ3n) is 4.52. The smallest absolute Gasteiger partial charge is 0.257 e. The van der Waals surface area contributed by atoms with Crippen molar-refractivity contribution in [3.63, 3.8) is 0 Å². The average Bonchev–Trinajstić information content (AvgIpc) is 2.95. The van der Waals surface area contributed by atoms with Crippen molar-refractivity contribution in [2.75, 3.05) is 5.32 Å². The molecule has 0 fully saturated rings. The molecule has 3 aromatic rings. The van der Waals surface area contributed by atoms with E-state index in [0.29, 0.717) is 16.5 Å². The first-order valence-electron chi connectivity index (χ1n) is 8.52. The van der Waals surface area contributed by atoms with Gasteiger partial charge in [-0.15, -0.1) is 0 Å². The van der Waals surface area contributed by atoms with Gasteiger partial charge in [0.25, 0.3) is 5.91 Å². The van der Waals surface area contributed by atoms with Gasteiger partial charge < -0.3 is 5.32 Å². The number of hydrogen-bond donors (Lipinski definition) is 1. The van der Waals surface area contributed by atoms with Crippen molar-refractivity contribution in [2.45, 2.75) is 33.6 Å². The molecule has 0 unspecified atom stereocenters. The maximum Gasteiger partial charge on any atom is 0.257 e. The molecule has 0 atom stereocenters. The van der Waals surface area contributed by atoms with Crippen LogP contribution < -0.4 is 5.32 Å². The minimum Gasteiger partial charge on any atom is -0.321 e. The summed E-state index contributed by atoms with van der Waals surface area (Å²) in [5.41, 5.74) is 3.51. The molecule has 1 heterocycles. The Bertz CT molecular complexity index is 1020. The summed E-state index contributed by atoms with van der Waals surface area (Å²) in [6.45, 7) is 7.45. The molecule has 1 amide bonds. The Morgan fingerprint density at radius 1 is 1.15 bits per heavy atom. The maximum absolute atomic E-state index is 13.6. The van der Waals surface area contributed by atoms with Crippen molar-refractivity contribution in [3.8, 4) is 0 Å². The highest BCUT2D eigenvalue weighted by molar-refractivity contribution is 6.14. The first-order chi connectivity index (χ1) is 12.3. The molecular formula is C21H21FN2O2. The van der Waals surface area contributed by atoms with Crippen molar-refractivity contribution in [3.05, 3.63) is 65.1 Å². The summed E-state index contributed by atoms with van der Waals surface area (Å²) in [6, 6.07) is 9.97. The Labute approximate surface area is 151 Å². The van der Waals surface area contributed by atoms with Gasteiger partial charge in [-0.3, -0.25) is 14.2 Å². The lowest BCUT2D eigenvalue weighted by molar-refractivity contribution is 0.0941. The van der Waals surface area contributed by atoms with Crippen LogP contribution in [0.1, 0.15) is 53.0 Å². The van der Waals surface area contributed by atoms with Gasteiger partial charge in [-0.05, 0) is 42.2 Å². The van der Waals surface area contributed by atoms with Gasteiger partial charge in [0.2, 0.25) is 5.91 Å². The van der Waals surface area contributed by atoms with E-state index in [1.807, 2.05) is 25.1 Å². The number of nitrogens with one attached hydrogen (secondary N) is 1. The Balaban J connectivity index is 2.09. The fourth-order valence-electron chi connectivity index (χ4n) is 3.16. The van der Waals surface area contributed by atoms with Crippen LogP contribution in [0.15, 0.2) is 42.6 Å². The van der Waals surface area contributed by atoms with Crippen molar-refractivity contribution in [1.29, 1.82) is 0 Å². The summed E-state index contributed by atoms with van der Waals surface area (Å²) >= 11 is 0. The fraction of sp³-hybridized carbons (Fsp3) is 0.238. The van der Waals surface area contributed by atoms with Crippen molar-refractivity contribution in [2.24, 2.45) is 0 Å². The van der Waals surface area contributed by atoms with Crippen molar-refractivity contribution in [1.82, 2.24) is 4.57 Å². The predicted octanol–water partition coefficient (Wildman–Crippen LogP) is 5.12. The Morgan fingerprint density at radius 3 is 2.54 bits per heavy atom. The number of hydrogen-bond acceptors (Lipinski definition) is 2. The molecule has 0 aliphatic carbocycles. The van der Waals surface area contributed by atoms with Crippen molar-refractivity contribution >= 4 is 28.4 Å². The van der Waals surface area contributed by atoms with Crippen LogP contribution in [0.3, 0.4) is 0 Å². The molecule has 0 aliphatic rings. The first-order valence-corrected chi connectivity index (χ1v) is 8.52. The van der Waals surface area contributed by atoms with Crippen LogP contribution in [-0.2, 0) is 0 Å². The molecule has 0 spiro atoms. The monoisotopic (exact) mass is 352 g/mol. The number of carbonyl (C=O) groups excluding carboxylic acids is 2. The third kappa shape index (κ3) is 3.12. The van der Waals surface area contributed by atoms with Gasteiger partial charge in [-0.1, -0.05) is 32.0 Å². The van der Waals surface area contributed by atoms with E-state index in [9.17, 15) is 14.0 Å².